The highest BCUT2D eigenvalue weighted by molar-refractivity contribution is 5.81. The van der Waals surface area contributed by atoms with Crippen LogP contribution >= 0.6 is 0 Å². The van der Waals surface area contributed by atoms with Crippen molar-refractivity contribution in [2.75, 3.05) is 26.3 Å². The first-order valence-electron chi connectivity index (χ1n) is 13.9. The number of fused-ring (bicyclic) bond motifs is 2. The maximum absolute atomic E-state index is 12.1. The third kappa shape index (κ3) is 5.87. The van der Waals surface area contributed by atoms with E-state index in [0.717, 1.165) is 62.3 Å². The molecule has 0 aromatic heterocycles. The van der Waals surface area contributed by atoms with E-state index in [4.69, 9.17) is 9.47 Å². The summed E-state index contributed by atoms with van der Waals surface area (Å²) in [4.78, 5) is 22.4. The van der Waals surface area contributed by atoms with Gasteiger partial charge < -0.3 is 20.1 Å². The molecule has 2 aromatic rings. The predicted molar refractivity (Wildman–Crippen MR) is 138 cm³/mol. The Labute approximate surface area is 225 Å². The summed E-state index contributed by atoms with van der Waals surface area (Å²) in [6, 6.07) is 12.2. The van der Waals surface area contributed by atoms with Crippen LogP contribution in [0.2, 0.25) is 0 Å². The van der Waals surface area contributed by atoms with E-state index in [2.05, 4.69) is 23.5 Å². The molecule has 3 fully saturated rings. The maximum atomic E-state index is 12.1. The van der Waals surface area contributed by atoms with Crippen LogP contribution in [0.4, 0.5) is 13.2 Å². The van der Waals surface area contributed by atoms with Gasteiger partial charge in [-0.25, -0.2) is 0 Å². The smallest absolute Gasteiger partial charge is 0.471 e. The Morgan fingerprint density at radius 3 is 1.79 bits per heavy atom. The quantitative estimate of drug-likeness (QED) is 0.534. The van der Waals surface area contributed by atoms with Crippen molar-refractivity contribution in [3.05, 3.63) is 58.7 Å². The molecule has 2 aliphatic heterocycles. The zero-order valence-corrected chi connectivity index (χ0v) is 21.7. The van der Waals surface area contributed by atoms with Crippen LogP contribution in [0.25, 0.3) is 0 Å². The average molecular weight is 543 g/mol. The summed E-state index contributed by atoms with van der Waals surface area (Å²) in [6.07, 6.45) is 1.29. The fourth-order valence-corrected chi connectivity index (χ4v) is 5.95. The van der Waals surface area contributed by atoms with Crippen molar-refractivity contribution < 1.29 is 32.2 Å². The Hall–Kier alpha value is -3.23. The molecule has 2 heterocycles. The van der Waals surface area contributed by atoms with E-state index in [1.807, 2.05) is 23.5 Å². The Morgan fingerprint density at radius 1 is 0.795 bits per heavy atom. The normalized spacial score (nSPS) is 25.7. The lowest BCUT2D eigenvalue weighted by Gasteiger charge is -2.09. The van der Waals surface area contributed by atoms with Gasteiger partial charge in [-0.2, -0.15) is 13.2 Å². The van der Waals surface area contributed by atoms with E-state index in [0.29, 0.717) is 24.4 Å². The summed E-state index contributed by atoms with van der Waals surface area (Å²) in [5, 5.41) is 5.06. The molecule has 208 valence electrons. The number of carbonyl (C=O) groups is 2. The molecule has 5 aliphatic rings. The molecule has 0 radical (unpaired) electrons. The molecule has 0 saturated heterocycles. The zero-order chi connectivity index (χ0) is 27.1. The minimum absolute atomic E-state index is 0.0769. The van der Waals surface area contributed by atoms with Gasteiger partial charge in [-0.3, -0.25) is 9.59 Å². The lowest BCUT2D eigenvalue weighted by molar-refractivity contribution is -0.173. The van der Waals surface area contributed by atoms with E-state index in [1.54, 1.807) is 0 Å². The van der Waals surface area contributed by atoms with E-state index < -0.39 is 12.1 Å². The second kappa shape index (κ2) is 10.4. The highest BCUT2D eigenvalue weighted by Crippen LogP contribution is 2.51. The summed E-state index contributed by atoms with van der Waals surface area (Å²) in [5.74, 6) is 2.29. The number of halogens is 3. The van der Waals surface area contributed by atoms with Gasteiger partial charge in [0, 0.05) is 43.0 Å². The molecular weight excluding hydrogens is 509 g/mol. The fraction of sp³-hybridized carbons (Fsp3) is 0.533. The highest BCUT2D eigenvalue weighted by atomic mass is 19.4. The van der Waals surface area contributed by atoms with Gasteiger partial charge in [0.1, 0.15) is 11.5 Å². The SMILES string of the molecule is O=C(NC[C@@H]1C[C@H]1c1cccc2c1CCO2)C(F)(F)F.O=C(NC[C@@H]1C[C@H]1c1cccc2c1CCO2)C1CC1. The Morgan fingerprint density at radius 2 is 1.31 bits per heavy atom. The molecule has 2 amide bonds. The van der Waals surface area contributed by atoms with Crippen LogP contribution in [0.1, 0.15) is 59.8 Å². The van der Waals surface area contributed by atoms with E-state index >= 15 is 0 Å². The second-order valence-electron chi connectivity index (χ2n) is 11.3. The maximum Gasteiger partial charge on any atom is 0.471 e. The van der Waals surface area contributed by atoms with Crippen molar-refractivity contribution in [3.63, 3.8) is 0 Å². The fourth-order valence-electron chi connectivity index (χ4n) is 5.95. The van der Waals surface area contributed by atoms with Crippen molar-refractivity contribution in [1.29, 1.82) is 0 Å². The van der Waals surface area contributed by atoms with Gasteiger partial charge >= 0.3 is 12.1 Å². The summed E-state index contributed by atoms with van der Waals surface area (Å²) < 4.78 is 47.4. The number of nitrogens with one attached hydrogen (secondary N) is 2. The number of hydrogen-bond acceptors (Lipinski definition) is 4. The first-order chi connectivity index (χ1) is 18.8. The Balaban J connectivity index is 0.000000142. The molecule has 3 aliphatic carbocycles. The van der Waals surface area contributed by atoms with Gasteiger partial charge in [0.25, 0.3) is 0 Å². The number of amides is 2. The van der Waals surface area contributed by atoms with Crippen molar-refractivity contribution in [3.8, 4) is 11.5 Å². The summed E-state index contributed by atoms with van der Waals surface area (Å²) in [5.41, 5.74) is 5.19. The van der Waals surface area contributed by atoms with Crippen LogP contribution in [0.15, 0.2) is 36.4 Å². The van der Waals surface area contributed by atoms with Crippen LogP contribution in [-0.2, 0) is 22.4 Å². The lowest BCUT2D eigenvalue weighted by Crippen LogP contribution is -2.37. The van der Waals surface area contributed by atoms with Crippen molar-refractivity contribution in [2.24, 2.45) is 17.8 Å². The van der Waals surface area contributed by atoms with Crippen LogP contribution < -0.4 is 20.1 Å². The van der Waals surface area contributed by atoms with Crippen molar-refractivity contribution >= 4 is 11.8 Å². The molecule has 7 rings (SSSR count). The molecule has 0 bridgehead atoms. The summed E-state index contributed by atoms with van der Waals surface area (Å²) >= 11 is 0. The Bertz CT molecular complexity index is 1260. The van der Waals surface area contributed by atoms with Gasteiger partial charge in [0.15, 0.2) is 0 Å². The van der Waals surface area contributed by atoms with Gasteiger partial charge in [0.05, 0.1) is 13.2 Å². The standard InChI is InChI=1S/C16H19NO2.C14H14F3NO2/c18-16(10-4-5-10)17-9-11-8-14(11)12-2-1-3-15-13(12)6-7-19-15;15-14(16,17)13(19)18-7-8-6-11(8)9-2-1-3-12-10(9)4-5-20-12/h1-3,10-11,14H,4-9H2,(H,17,18);1-3,8,11H,4-7H2,(H,18,19)/t11-,14+;8-,11+/m00/s1. The van der Waals surface area contributed by atoms with Gasteiger partial charge in [-0.05, 0) is 72.6 Å². The number of carbonyl (C=O) groups excluding carboxylic acids is 2. The monoisotopic (exact) mass is 542 g/mol. The van der Waals surface area contributed by atoms with Crippen molar-refractivity contribution in [2.45, 2.75) is 56.5 Å². The highest BCUT2D eigenvalue weighted by Gasteiger charge is 2.44. The van der Waals surface area contributed by atoms with Crippen molar-refractivity contribution in [1.82, 2.24) is 10.6 Å². The second-order valence-corrected chi connectivity index (χ2v) is 11.3. The molecule has 4 atom stereocenters. The molecule has 9 heteroatoms. The van der Waals surface area contributed by atoms with Crippen LogP contribution in [0.3, 0.4) is 0 Å². The molecule has 2 aromatic carbocycles. The van der Waals surface area contributed by atoms with E-state index in [1.165, 1.54) is 23.1 Å². The Kier molecular flexibility index (Phi) is 6.93. The predicted octanol–water partition coefficient (Wildman–Crippen LogP) is 4.65. The minimum Gasteiger partial charge on any atom is -0.493 e. The average Bonchev–Trinajstić information content (AvgIpc) is 3.87. The first kappa shape index (κ1) is 26.0. The van der Waals surface area contributed by atoms with Crippen LogP contribution in [0, 0.1) is 17.8 Å². The molecule has 39 heavy (non-hydrogen) atoms. The molecule has 2 N–H and O–H groups in total. The van der Waals surface area contributed by atoms with Crippen LogP contribution in [-0.4, -0.2) is 44.3 Å². The number of hydrogen-bond donors (Lipinski definition) is 2. The molecular formula is C30H33F3N2O4. The van der Waals surface area contributed by atoms with Crippen LogP contribution in [0.5, 0.6) is 11.5 Å². The molecule has 6 nitrogen and oxygen atoms in total. The van der Waals surface area contributed by atoms with Gasteiger partial charge in [-0.15, -0.1) is 0 Å². The third-order valence-corrected chi connectivity index (χ3v) is 8.47. The molecule has 3 saturated carbocycles. The minimum atomic E-state index is -4.80. The molecule has 0 spiro atoms. The third-order valence-electron chi connectivity index (χ3n) is 8.47. The number of benzene rings is 2. The number of rotatable bonds is 7. The largest absolute Gasteiger partial charge is 0.493 e. The van der Waals surface area contributed by atoms with E-state index in [9.17, 15) is 22.8 Å². The zero-order valence-electron chi connectivity index (χ0n) is 21.7. The van der Waals surface area contributed by atoms with Gasteiger partial charge in [0.2, 0.25) is 5.91 Å². The first-order valence-corrected chi connectivity index (χ1v) is 13.9. The molecule has 0 unspecified atom stereocenters. The summed E-state index contributed by atoms with van der Waals surface area (Å²) in [6.45, 7) is 2.41. The number of alkyl halides is 3. The topological polar surface area (TPSA) is 76.7 Å². The lowest BCUT2D eigenvalue weighted by atomic mass is 10.00. The van der Waals surface area contributed by atoms with Gasteiger partial charge in [-0.1, -0.05) is 24.3 Å². The summed E-state index contributed by atoms with van der Waals surface area (Å²) in [7, 11) is 0. The number of ether oxygens (including phenoxy) is 2. The van der Waals surface area contributed by atoms with E-state index in [-0.39, 0.29) is 24.3 Å².